The van der Waals surface area contributed by atoms with Gasteiger partial charge in [-0.1, -0.05) is 55.3 Å². The van der Waals surface area contributed by atoms with Gasteiger partial charge in [0.1, 0.15) is 23.7 Å². The lowest BCUT2D eigenvalue weighted by Gasteiger charge is -2.20. The van der Waals surface area contributed by atoms with Gasteiger partial charge in [0.25, 0.3) is 0 Å². The highest BCUT2D eigenvalue weighted by atomic mass is 35.5. The van der Waals surface area contributed by atoms with E-state index < -0.39 is 5.82 Å². The first-order chi connectivity index (χ1) is 10.2. The minimum absolute atomic E-state index is 0.0488. The van der Waals surface area contributed by atoms with E-state index in [-0.39, 0.29) is 16.7 Å². The second-order valence-corrected chi connectivity index (χ2v) is 5.09. The lowest BCUT2D eigenvalue weighted by Crippen LogP contribution is -2.08. The van der Waals surface area contributed by atoms with E-state index in [9.17, 15) is 4.39 Å². The van der Waals surface area contributed by atoms with Gasteiger partial charge in [-0.3, -0.25) is 0 Å². The monoisotopic (exact) mass is 303 g/mol. The zero-order chi connectivity index (χ0) is 15.2. The molecule has 0 amide bonds. The highest BCUT2D eigenvalue weighted by Crippen LogP contribution is 2.31. The molecule has 2 aromatic rings. The van der Waals surface area contributed by atoms with Crippen molar-refractivity contribution in [3.8, 4) is 11.8 Å². The quantitative estimate of drug-likeness (QED) is 0.753. The molecule has 2 rings (SSSR count). The van der Waals surface area contributed by atoms with Gasteiger partial charge in [0.2, 0.25) is 0 Å². The fourth-order valence-corrected chi connectivity index (χ4v) is 2.24. The number of hydrogen-bond acceptors (Lipinski definition) is 2. The highest BCUT2D eigenvalue weighted by Gasteiger charge is 2.16. The molecule has 0 N–H and O–H groups in total. The summed E-state index contributed by atoms with van der Waals surface area (Å²) in [7, 11) is 0. The van der Waals surface area contributed by atoms with Gasteiger partial charge in [-0.2, -0.15) is 5.26 Å². The summed E-state index contributed by atoms with van der Waals surface area (Å²) in [5.41, 5.74) is 1.16. The third-order valence-corrected chi connectivity index (χ3v) is 3.42. The fraction of sp³-hybridized carbons (Fsp3) is 0.235. The van der Waals surface area contributed by atoms with Crippen LogP contribution in [-0.2, 0) is 0 Å². The van der Waals surface area contributed by atoms with Crippen LogP contribution in [0.2, 0.25) is 5.02 Å². The first-order valence-corrected chi connectivity index (χ1v) is 7.14. The Balaban J connectivity index is 2.34. The minimum Gasteiger partial charge on any atom is -0.484 e. The Bertz CT molecular complexity index is 652. The Hall–Kier alpha value is -2.05. The van der Waals surface area contributed by atoms with Gasteiger partial charge in [-0.05, 0) is 18.1 Å². The van der Waals surface area contributed by atoms with Crippen LogP contribution in [-0.4, -0.2) is 0 Å². The van der Waals surface area contributed by atoms with Crippen LogP contribution in [0.15, 0.2) is 42.5 Å². The number of benzene rings is 2. The van der Waals surface area contributed by atoms with E-state index in [0.29, 0.717) is 5.75 Å². The minimum atomic E-state index is -0.618. The summed E-state index contributed by atoms with van der Waals surface area (Å²) in [6.45, 7) is 2.06. The lowest BCUT2D eigenvalue weighted by atomic mass is 10.0. The van der Waals surface area contributed by atoms with Crippen LogP contribution in [0.25, 0.3) is 0 Å². The van der Waals surface area contributed by atoms with Gasteiger partial charge in [-0.25, -0.2) is 4.39 Å². The molecule has 0 fully saturated rings. The van der Waals surface area contributed by atoms with Crippen molar-refractivity contribution in [2.75, 3.05) is 0 Å². The topological polar surface area (TPSA) is 33.0 Å². The molecule has 0 spiro atoms. The van der Waals surface area contributed by atoms with Crippen molar-refractivity contribution in [2.45, 2.75) is 25.9 Å². The predicted molar refractivity (Wildman–Crippen MR) is 80.8 cm³/mol. The van der Waals surface area contributed by atoms with Gasteiger partial charge < -0.3 is 4.74 Å². The third kappa shape index (κ3) is 3.74. The molecule has 0 radical (unpaired) electrons. The predicted octanol–water partition coefficient (Wildman–Crippen LogP) is 5.27. The lowest BCUT2D eigenvalue weighted by molar-refractivity contribution is 0.193. The Labute approximate surface area is 128 Å². The van der Waals surface area contributed by atoms with Crippen molar-refractivity contribution < 1.29 is 9.13 Å². The average molecular weight is 304 g/mol. The van der Waals surface area contributed by atoms with Crippen LogP contribution in [0.5, 0.6) is 5.75 Å². The molecule has 0 saturated heterocycles. The van der Waals surface area contributed by atoms with Gasteiger partial charge in [0.15, 0.2) is 0 Å². The largest absolute Gasteiger partial charge is 0.484 e. The maximum atomic E-state index is 13.4. The smallest absolute Gasteiger partial charge is 0.143 e. The number of nitrogens with zero attached hydrogens (tertiary/aromatic N) is 1. The van der Waals surface area contributed by atoms with Gasteiger partial charge in [-0.15, -0.1) is 0 Å². The molecule has 0 saturated carbocycles. The summed E-state index contributed by atoms with van der Waals surface area (Å²) in [4.78, 5) is 0. The van der Waals surface area contributed by atoms with E-state index in [1.54, 1.807) is 0 Å². The summed E-state index contributed by atoms with van der Waals surface area (Å²) in [6, 6.07) is 14.1. The van der Waals surface area contributed by atoms with Gasteiger partial charge >= 0.3 is 0 Å². The standard InChI is InChI=1S/C17H15ClFNO/c1-2-6-16(12-7-4-3-5-8-12)21-17-10-14(18)15(19)9-13(17)11-20/h3-5,7-10,16H,2,6H2,1H3/t16-/m1/s1. The van der Waals surface area contributed by atoms with Crippen LogP contribution < -0.4 is 4.74 Å². The second kappa shape index (κ2) is 7.10. The molecule has 0 aliphatic heterocycles. The molecule has 21 heavy (non-hydrogen) atoms. The van der Waals surface area contributed by atoms with E-state index in [1.807, 2.05) is 36.4 Å². The highest BCUT2D eigenvalue weighted by molar-refractivity contribution is 6.30. The molecule has 4 heteroatoms. The molecule has 0 aliphatic carbocycles. The van der Waals surface area contributed by atoms with Crippen molar-refractivity contribution in [2.24, 2.45) is 0 Å². The van der Waals surface area contributed by atoms with Crippen LogP contribution in [0.4, 0.5) is 4.39 Å². The van der Waals surface area contributed by atoms with Crippen LogP contribution in [0.3, 0.4) is 0 Å². The SMILES string of the molecule is CCC[C@@H](Oc1cc(Cl)c(F)cc1C#N)c1ccccc1. The number of rotatable bonds is 5. The van der Waals surface area contributed by atoms with Crippen LogP contribution in [0.1, 0.15) is 37.0 Å². The maximum Gasteiger partial charge on any atom is 0.143 e. The van der Waals surface area contributed by atoms with Crippen molar-refractivity contribution in [3.63, 3.8) is 0 Å². The summed E-state index contributed by atoms with van der Waals surface area (Å²) in [5, 5.41) is 9.06. The molecule has 1 atom stereocenters. The summed E-state index contributed by atoms with van der Waals surface area (Å²) >= 11 is 5.78. The third-order valence-electron chi connectivity index (χ3n) is 3.13. The Morgan fingerprint density at radius 1 is 1.29 bits per heavy atom. The zero-order valence-corrected chi connectivity index (χ0v) is 12.4. The molecular weight excluding hydrogens is 289 g/mol. The van der Waals surface area contributed by atoms with Crippen LogP contribution >= 0.6 is 11.6 Å². The van der Waals surface area contributed by atoms with Crippen molar-refractivity contribution in [3.05, 3.63) is 64.4 Å². The van der Waals surface area contributed by atoms with Gasteiger partial charge in [0.05, 0.1) is 10.6 Å². The number of hydrogen-bond donors (Lipinski definition) is 0. The van der Waals surface area contributed by atoms with Crippen LogP contribution in [0, 0.1) is 17.1 Å². The van der Waals surface area contributed by atoms with E-state index in [1.165, 1.54) is 6.07 Å². The first kappa shape index (κ1) is 15.3. The molecule has 0 heterocycles. The zero-order valence-electron chi connectivity index (χ0n) is 11.6. The number of halogens is 2. The first-order valence-electron chi connectivity index (χ1n) is 6.76. The fourth-order valence-electron chi connectivity index (χ4n) is 2.09. The van der Waals surface area contributed by atoms with E-state index in [4.69, 9.17) is 21.6 Å². The molecule has 108 valence electrons. The molecule has 0 aromatic heterocycles. The molecule has 0 unspecified atom stereocenters. The van der Waals surface area contributed by atoms with Crippen molar-refractivity contribution >= 4 is 11.6 Å². The maximum absolute atomic E-state index is 13.4. The van der Waals surface area contributed by atoms with Crippen molar-refractivity contribution in [1.29, 1.82) is 5.26 Å². The summed E-state index contributed by atoms with van der Waals surface area (Å²) < 4.78 is 19.3. The number of ether oxygens (including phenoxy) is 1. The second-order valence-electron chi connectivity index (χ2n) is 4.68. The molecule has 2 nitrogen and oxygen atoms in total. The Morgan fingerprint density at radius 2 is 2.00 bits per heavy atom. The average Bonchev–Trinajstić information content (AvgIpc) is 2.51. The summed E-state index contributed by atoms with van der Waals surface area (Å²) in [6.07, 6.45) is 1.53. The normalized spacial score (nSPS) is 11.7. The molecular formula is C17H15ClFNO. The van der Waals surface area contributed by atoms with Gasteiger partial charge in [0, 0.05) is 6.07 Å². The summed E-state index contributed by atoms with van der Waals surface area (Å²) in [5.74, 6) is -0.307. The molecule has 2 aromatic carbocycles. The Morgan fingerprint density at radius 3 is 2.62 bits per heavy atom. The Kier molecular flexibility index (Phi) is 5.19. The molecule has 0 aliphatic rings. The van der Waals surface area contributed by atoms with Crippen molar-refractivity contribution in [1.82, 2.24) is 0 Å². The van der Waals surface area contributed by atoms with E-state index in [2.05, 4.69) is 6.92 Å². The molecule has 0 bridgehead atoms. The number of nitriles is 1. The van der Waals surface area contributed by atoms with E-state index in [0.717, 1.165) is 24.5 Å². The van der Waals surface area contributed by atoms with E-state index >= 15 is 0 Å².